The van der Waals surface area contributed by atoms with E-state index in [4.69, 9.17) is 15.4 Å². The summed E-state index contributed by atoms with van der Waals surface area (Å²) in [6.45, 7) is 2.36. The molecule has 0 aromatic heterocycles. The number of methoxy groups -OCH3 is 1. The number of carbonyl (C=O) groups excluding carboxylic acids is 1. The fourth-order valence-corrected chi connectivity index (χ4v) is 2.27. The van der Waals surface area contributed by atoms with E-state index in [9.17, 15) is 13.2 Å². The molecule has 0 aliphatic carbocycles. The van der Waals surface area contributed by atoms with E-state index >= 15 is 0 Å². The Labute approximate surface area is 117 Å². The molecule has 0 aliphatic heterocycles. The topological polar surface area (TPSA) is 72.5 Å². The molecule has 0 bridgehead atoms. The van der Waals surface area contributed by atoms with Gasteiger partial charge in [0.25, 0.3) is 15.0 Å². The molecule has 0 saturated heterocycles. The summed E-state index contributed by atoms with van der Waals surface area (Å²) in [5.41, 5.74) is 0.374. The van der Waals surface area contributed by atoms with Crippen LogP contribution in [0.15, 0.2) is 29.2 Å². The number of hydrogen-bond donors (Lipinski definition) is 1. The smallest absolute Gasteiger partial charge is 0.261 e. The Morgan fingerprint density at radius 2 is 1.95 bits per heavy atom. The van der Waals surface area contributed by atoms with Gasteiger partial charge in [-0.25, -0.2) is 8.42 Å². The van der Waals surface area contributed by atoms with E-state index in [2.05, 4.69) is 5.32 Å². The van der Waals surface area contributed by atoms with Crippen LogP contribution in [-0.4, -0.2) is 34.1 Å². The number of halogens is 1. The predicted octanol–water partition coefficient (Wildman–Crippen LogP) is 1.77. The highest BCUT2D eigenvalue weighted by molar-refractivity contribution is 8.13. The van der Waals surface area contributed by atoms with Crippen molar-refractivity contribution >= 4 is 25.6 Å². The van der Waals surface area contributed by atoms with Crippen LogP contribution < -0.4 is 5.32 Å². The quantitative estimate of drug-likeness (QED) is 0.813. The first-order chi connectivity index (χ1) is 8.88. The van der Waals surface area contributed by atoms with Gasteiger partial charge in [-0.2, -0.15) is 0 Å². The summed E-state index contributed by atoms with van der Waals surface area (Å²) in [5, 5.41) is 2.80. The van der Waals surface area contributed by atoms with E-state index in [-0.39, 0.29) is 16.8 Å². The van der Waals surface area contributed by atoms with E-state index in [0.29, 0.717) is 12.2 Å². The normalized spacial score (nSPS) is 13.0. The summed E-state index contributed by atoms with van der Waals surface area (Å²) >= 11 is 0. The first-order valence-electron chi connectivity index (χ1n) is 5.73. The lowest BCUT2D eigenvalue weighted by Gasteiger charge is -2.15. The second-order valence-electron chi connectivity index (χ2n) is 4.00. The maximum absolute atomic E-state index is 11.9. The Morgan fingerprint density at radius 1 is 1.37 bits per heavy atom. The third-order valence-electron chi connectivity index (χ3n) is 2.59. The van der Waals surface area contributed by atoms with Gasteiger partial charge in [0.05, 0.1) is 17.5 Å². The van der Waals surface area contributed by atoms with E-state index in [1.807, 2.05) is 6.92 Å². The van der Waals surface area contributed by atoms with Gasteiger partial charge in [0, 0.05) is 23.4 Å². The van der Waals surface area contributed by atoms with Crippen molar-refractivity contribution in [2.75, 3.05) is 13.7 Å². The first-order valence-corrected chi connectivity index (χ1v) is 8.04. The fraction of sp³-hybridized carbons (Fsp3) is 0.417. The molecule has 19 heavy (non-hydrogen) atoms. The summed E-state index contributed by atoms with van der Waals surface area (Å²) in [6, 6.07) is 5.37. The third-order valence-corrected chi connectivity index (χ3v) is 3.96. The number of carbonyl (C=O) groups is 1. The Kier molecular flexibility index (Phi) is 5.78. The minimum atomic E-state index is -3.76. The van der Waals surface area contributed by atoms with Crippen molar-refractivity contribution < 1.29 is 17.9 Å². The zero-order valence-corrected chi connectivity index (χ0v) is 12.3. The molecule has 1 unspecified atom stereocenters. The lowest BCUT2D eigenvalue weighted by Crippen LogP contribution is -2.37. The number of benzene rings is 1. The highest BCUT2D eigenvalue weighted by atomic mass is 35.7. The van der Waals surface area contributed by atoms with Gasteiger partial charge in [0.2, 0.25) is 0 Å². The molecule has 7 heteroatoms. The van der Waals surface area contributed by atoms with Gasteiger partial charge in [0.1, 0.15) is 0 Å². The Balaban J connectivity index is 2.78. The monoisotopic (exact) mass is 305 g/mol. The van der Waals surface area contributed by atoms with Gasteiger partial charge in [-0.05, 0) is 30.7 Å². The molecule has 106 valence electrons. The van der Waals surface area contributed by atoms with Crippen molar-refractivity contribution in [3.63, 3.8) is 0 Å². The number of rotatable bonds is 6. The molecule has 1 rings (SSSR count). The molecule has 0 aliphatic rings. The molecule has 0 fully saturated rings. The van der Waals surface area contributed by atoms with E-state index in [1.165, 1.54) is 24.3 Å². The van der Waals surface area contributed by atoms with Crippen LogP contribution >= 0.6 is 10.7 Å². The molecule has 5 nitrogen and oxygen atoms in total. The number of amides is 1. The minimum Gasteiger partial charge on any atom is -0.383 e. The standard InChI is InChI=1S/C12H16ClNO4S/c1-3-10(8-18-2)14-12(15)9-4-6-11(7-5-9)19(13,16)17/h4-7,10H,3,8H2,1-2H3,(H,14,15). The maximum Gasteiger partial charge on any atom is 0.261 e. The highest BCUT2D eigenvalue weighted by Gasteiger charge is 2.14. The van der Waals surface area contributed by atoms with Crippen LogP contribution in [0.1, 0.15) is 23.7 Å². The van der Waals surface area contributed by atoms with Gasteiger partial charge in [-0.15, -0.1) is 0 Å². The van der Waals surface area contributed by atoms with Crippen LogP contribution in [0.4, 0.5) is 0 Å². The van der Waals surface area contributed by atoms with E-state index in [1.54, 1.807) is 7.11 Å². The first kappa shape index (κ1) is 15.9. The van der Waals surface area contributed by atoms with Crippen LogP contribution in [0.2, 0.25) is 0 Å². The second-order valence-corrected chi connectivity index (χ2v) is 6.56. The number of hydrogen-bond acceptors (Lipinski definition) is 4. The summed E-state index contributed by atoms with van der Waals surface area (Å²) in [7, 11) is 3.00. The SMILES string of the molecule is CCC(COC)NC(=O)c1ccc(S(=O)(=O)Cl)cc1. The van der Waals surface area contributed by atoms with Crippen molar-refractivity contribution in [2.45, 2.75) is 24.3 Å². The van der Waals surface area contributed by atoms with Crippen molar-refractivity contribution in [1.82, 2.24) is 5.32 Å². The summed E-state index contributed by atoms with van der Waals surface area (Å²) < 4.78 is 27.1. The summed E-state index contributed by atoms with van der Waals surface area (Å²) in [5.74, 6) is -0.276. The van der Waals surface area contributed by atoms with Crippen LogP contribution in [0.25, 0.3) is 0 Å². The average molecular weight is 306 g/mol. The highest BCUT2D eigenvalue weighted by Crippen LogP contribution is 2.15. The van der Waals surface area contributed by atoms with E-state index in [0.717, 1.165) is 6.42 Å². The minimum absolute atomic E-state index is 0.0327. The lowest BCUT2D eigenvalue weighted by molar-refractivity contribution is 0.0894. The molecule has 1 aromatic rings. The van der Waals surface area contributed by atoms with Crippen LogP contribution in [0, 0.1) is 0 Å². The molecule has 1 N–H and O–H groups in total. The van der Waals surface area contributed by atoms with Crippen molar-refractivity contribution in [3.8, 4) is 0 Å². The van der Waals surface area contributed by atoms with Crippen LogP contribution in [-0.2, 0) is 13.8 Å². The molecular weight excluding hydrogens is 290 g/mol. The van der Waals surface area contributed by atoms with Crippen molar-refractivity contribution in [2.24, 2.45) is 0 Å². The third kappa shape index (κ3) is 4.81. The number of nitrogens with one attached hydrogen (secondary N) is 1. The predicted molar refractivity (Wildman–Crippen MR) is 72.9 cm³/mol. The van der Waals surface area contributed by atoms with Crippen molar-refractivity contribution in [3.05, 3.63) is 29.8 Å². The summed E-state index contributed by atoms with van der Waals surface area (Å²) in [4.78, 5) is 11.9. The zero-order valence-electron chi connectivity index (χ0n) is 10.7. The van der Waals surface area contributed by atoms with E-state index < -0.39 is 9.05 Å². The average Bonchev–Trinajstić information content (AvgIpc) is 2.37. The molecule has 1 aromatic carbocycles. The molecule has 0 heterocycles. The van der Waals surface area contributed by atoms with Gasteiger partial charge in [-0.1, -0.05) is 6.92 Å². The molecule has 1 atom stereocenters. The maximum atomic E-state index is 11.9. The zero-order chi connectivity index (χ0) is 14.5. The number of ether oxygens (including phenoxy) is 1. The fourth-order valence-electron chi connectivity index (χ4n) is 1.50. The molecule has 0 saturated carbocycles. The Hall–Kier alpha value is -1.11. The molecule has 0 spiro atoms. The second kappa shape index (κ2) is 6.88. The van der Waals surface area contributed by atoms with Crippen LogP contribution in [0.3, 0.4) is 0 Å². The molecule has 1 amide bonds. The largest absolute Gasteiger partial charge is 0.383 e. The summed E-state index contributed by atoms with van der Waals surface area (Å²) in [6.07, 6.45) is 0.744. The Bertz CT molecular complexity index is 527. The van der Waals surface area contributed by atoms with Gasteiger partial charge >= 0.3 is 0 Å². The van der Waals surface area contributed by atoms with Gasteiger partial charge < -0.3 is 10.1 Å². The van der Waals surface area contributed by atoms with Gasteiger partial charge in [0.15, 0.2) is 0 Å². The Morgan fingerprint density at radius 3 is 2.37 bits per heavy atom. The molecule has 0 radical (unpaired) electrons. The lowest BCUT2D eigenvalue weighted by atomic mass is 10.2. The molecular formula is C12H16ClNO4S. The van der Waals surface area contributed by atoms with Gasteiger partial charge in [-0.3, -0.25) is 4.79 Å². The van der Waals surface area contributed by atoms with Crippen molar-refractivity contribution in [1.29, 1.82) is 0 Å². The van der Waals surface area contributed by atoms with Crippen LogP contribution in [0.5, 0.6) is 0 Å².